The highest BCUT2D eigenvalue weighted by molar-refractivity contribution is 6.66. The van der Waals surface area contributed by atoms with Crippen molar-refractivity contribution >= 4 is 46.6 Å². The Morgan fingerprint density at radius 2 is 2.00 bits per heavy atom. The van der Waals surface area contributed by atoms with Crippen LogP contribution in [0.4, 0.5) is 10.1 Å². The fraction of sp³-hybridized carbons (Fsp3) is 0.125. The summed E-state index contributed by atoms with van der Waals surface area (Å²) in [4.78, 5) is 13.1. The summed E-state index contributed by atoms with van der Waals surface area (Å²) in [5, 5.41) is 0. The molecule has 0 fully saturated rings. The van der Waals surface area contributed by atoms with Crippen molar-refractivity contribution in [2.75, 3.05) is 0 Å². The third-order valence-corrected chi connectivity index (χ3v) is 2.09. The lowest BCUT2D eigenvalue weighted by molar-refractivity contribution is 0.564. The van der Waals surface area contributed by atoms with Gasteiger partial charge in [-0.25, -0.2) is 9.18 Å². The van der Waals surface area contributed by atoms with Crippen LogP contribution in [0.3, 0.4) is 0 Å². The molecule has 0 amide bonds. The highest BCUT2D eigenvalue weighted by atomic mass is 35.6. The molecule has 1 aromatic rings. The second-order valence-electron chi connectivity index (χ2n) is 2.37. The fourth-order valence-corrected chi connectivity index (χ4v) is 1.18. The SMILES string of the molecule is O=C=Nc1cc(C(Cl)(Cl)Cl)ccc1F. The fourth-order valence-electron chi connectivity index (χ4n) is 0.824. The van der Waals surface area contributed by atoms with Crippen molar-refractivity contribution in [1.82, 2.24) is 0 Å². The van der Waals surface area contributed by atoms with Crippen molar-refractivity contribution in [1.29, 1.82) is 0 Å². The van der Waals surface area contributed by atoms with Gasteiger partial charge in [0.25, 0.3) is 0 Å². The third kappa shape index (κ3) is 2.69. The van der Waals surface area contributed by atoms with E-state index < -0.39 is 9.61 Å². The van der Waals surface area contributed by atoms with Gasteiger partial charge in [-0.1, -0.05) is 40.9 Å². The molecular weight excluding hydrogens is 251 g/mol. The molecule has 0 aliphatic carbocycles. The van der Waals surface area contributed by atoms with E-state index in [2.05, 4.69) is 4.99 Å². The zero-order chi connectivity index (χ0) is 10.8. The first-order valence-electron chi connectivity index (χ1n) is 3.40. The smallest absolute Gasteiger partial charge is 0.211 e. The molecule has 0 aromatic heterocycles. The predicted octanol–water partition coefficient (Wildman–Crippen LogP) is 3.62. The Kier molecular flexibility index (Phi) is 3.51. The number of nitrogens with zero attached hydrogens (tertiary/aromatic N) is 1. The lowest BCUT2D eigenvalue weighted by atomic mass is 10.2. The maximum Gasteiger partial charge on any atom is 0.240 e. The van der Waals surface area contributed by atoms with E-state index >= 15 is 0 Å². The van der Waals surface area contributed by atoms with Crippen LogP contribution >= 0.6 is 34.8 Å². The highest BCUT2D eigenvalue weighted by Gasteiger charge is 2.23. The predicted molar refractivity (Wildman–Crippen MR) is 53.4 cm³/mol. The van der Waals surface area contributed by atoms with Gasteiger partial charge in [0.15, 0.2) is 0 Å². The van der Waals surface area contributed by atoms with Gasteiger partial charge < -0.3 is 0 Å². The van der Waals surface area contributed by atoms with Gasteiger partial charge in [-0.05, 0) is 12.1 Å². The first-order chi connectivity index (χ1) is 6.45. The van der Waals surface area contributed by atoms with Crippen molar-refractivity contribution in [3.63, 3.8) is 0 Å². The Morgan fingerprint density at radius 3 is 2.50 bits per heavy atom. The molecule has 2 nitrogen and oxygen atoms in total. The van der Waals surface area contributed by atoms with Crippen LogP contribution in [0.1, 0.15) is 5.56 Å². The van der Waals surface area contributed by atoms with E-state index in [1.165, 1.54) is 18.2 Å². The lowest BCUT2D eigenvalue weighted by Crippen LogP contribution is -1.99. The summed E-state index contributed by atoms with van der Waals surface area (Å²) in [6.45, 7) is 0. The van der Waals surface area contributed by atoms with Crippen molar-refractivity contribution < 1.29 is 9.18 Å². The van der Waals surface area contributed by atoms with Crippen LogP contribution in [0.25, 0.3) is 0 Å². The first-order valence-corrected chi connectivity index (χ1v) is 4.53. The number of hydrogen-bond donors (Lipinski definition) is 0. The molecule has 0 bridgehead atoms. The van der Waals surface area contributed by atoms with Crippen LogP contribution < -0.4 is 0 Å². The van der Waals surface area contributed by atoms with E-state index in [9.17, 15) is 9.18 Å². The summed E-state index contributed by atoms with van der Waals surface area (Å²) in [5.74, 6) is -0.675. The van der Waals surface area contributed by atoms with E-state index in [4.69, 9.17) is 34.8 Å². The monoisotopic (exact) mass is 253 g/mol. The summed E-state index contributed by atoms with van der Waals surface area (Å²) < 4.78 is 11.3. The standard InChI is InChI=1S/C8H3Cl3FNO/c9-8(10,11)5-1-2-6(12)7(3-5)13-4-14/h1-3H. The summed E-state index contributed by atoms with van der Waals surface area (Å²) in [5.41, 5.74) is 0.0294. The Hall–Kier alpha value is -0.600. The van der Waals surface area contributed by atoms with E-state index in [0.29, 0.717) is 0 Å². The van der Waals surface area contributed by atoms with Crippen LogP contribution in [-0.2, 0) is 8.59 Å². The Bertz CT molecular complexity index is 396. The van der Waals surface area contributed by atoms with Crippen LogP contribution in [0, 0.1) is 5.82 Å². The maximum atomic E-state index is 12.9. The molecule has 0 aliphatic rings. The minimum absolute atomic E-state index is 0.205. The van der Waals surface area contributed by atoms with E-state index in [1.807, 2.05) is 0 Å². The number of hydrogen-bond acceptors (Lipinski definition) is 2. The highest BCUT2D eigenvalue weighted by Crippen LogP contribution is 2.39. The van der Waals surface area contributed by atoms with Gasteiger partial charge in [-0.2, -0.15) is 4.99 Å². The Balaban J connectivity index is 3.26. The number of alkyl halides is 3. The van der Waals surface area contributed by atoms with Gasteiger partial charge in [0, 0.05) is 5.56 Å². The number of rotatable bonds is 1. The third-order valence-electron chi connectivity index (χ3n) is 1.44. The number of halogens is 4. The molecule has 0 unspecified atom stereocenters. The molecule has 1 aromatic carbocycles. The van der Waals surface area contributed by atoms with Crippen molar-refractivity contribution in [2.24, 2.45) is 4.99 Å². The summed E-state index contributed by atoms with van der Waals surface area (Å²) >= 11 is 16.7. The molecule has 0 spiro atoms. The normalized spacial score (nSPS) is 10.9. The molecule has 0 atom stereocenters. The Labute approximate surface area is 94.3 Å². The van der Waals surface area contributed by atoms with Gasteiger partial charge in [0.2, 0.25) is 9.87 Å². The molecule has 0 N–H and O–H groups in total. The minimum Gasteiger partial charge on any atom is -0.211 e. The average Bonchev–Trinajstić information content (AvgIpc) is 2.07. The topological polar surface area (TPSA) is 29.4 Å². The van der Waals surface area contributed by atoms with Gasteiger partial charge in [0.1, 0.15) is 11.5 Å². The summed E-state index contributed by atoms with van der Waals surface area (Å²) in [6.07, 6.45) is 1.21. The van der Waals surface area contributed by atoms with Crippen molar-refractivity contribution in [3.8, 4) is 0 Å². The molecule has 0 radical (unpaired) electrons. The van der Waals surface area contributed by atoms with Gasteiger partial charge >= 0.3 is 0 Å². The molecule has 0 saturated carbocycles. The first kappa shape index (κ1) is 11.5. The zero-order valence-corrected chi connectivity index (χ0v) is 8.87. The number of isocyanates is 1. The number of aliphatic imine (C=N–C) groups is 1. The summed E-state index contributed by atoms with van der Waals surface area (Å²) in [7, 11) is 0. The molecule has 0 aliphatic heterocycles. The largest absolute Gasteiger partial charge is 0.240 e. The van der Waals surface area contributed by atoms with Gasteiger partial charge in [-0.3, -0.25) is 0 Å². The van der Waals surface area contributed by atoms with E-state index in [1.54, 1.807) is 0 Å². The van der Waals surface area contributed by atoms with Gasteiger partial charge in [0.05, 0.1) is 0 Å². The molecule has 6 heteroatoms. The van der Waals surface area contributed by atoms with Crippen LogP contribution in [0.2, 0.25) is 0 Å². The second-order valence-corrected chi connectivity index (χ2v) is 4.65. The number of carbonyl (C=O) groups excluding carboxylic acids is 1. The maximum absolute atomic E-state index is 12.9. The molecule has 0 saturated heterocycles. The van der Waals surface area contributed by atoms with Crippen LogP contribution in [0.5, 0.6) is 0 Å². The van der Waals surface area contributed by atoms with Crippen molar-refractivity contribution in [2.45, 2.75) is 3.79 Å². The lowest BCUT2D eigenvalue weighted by Gasteiger charge is -2.11. The van der Waals surface area contributed by atoms with Crippen LogP contribution in [-0.4, -0.2) is 6.08 Å². The number of benzene rings is 1. The van der Waals surface area contributed by atoms with E-state index in [-0.39, 0.29) is 11.3 Å². The molecule has 0 heterocycles. The Morgan fingerprint density at radius 1 is 1.36 bits per heavy atom. The minimum atomic E-state index is -1.67. The summed E-state index contributed by atoms with van der Waals surface area (Å²) in [6, 6.07) is 3.53. The van der Waals surface area contributed by atoms with Gasteiger partial charge in [-0.15, -0.1) is 0 Å². The molecule has 74 valence electrons. The van der Waals surface area contributed by atoms with Crippen LogP contribution in [0.15, 0.2) is 23.2 Å². The van der Waals surface area contributed by atoms with E-state index in [0.717, 1.165) is 6.07 Å². The molecule has 14 heavy (non-hydrogen) atoms. The molecule has 1 rings (SSSR count). The quantitative estimate of drug-likeness (QED) is 0.427. The zero-order valence-electron chi connectivity index (χ0n) is 6.60. The second kappa shape index (κ2) is 4.28. The van der Waals surface area contributed by atoms with Crippen molar-refractivity contribution in [3.05, 3.63) is 29.6 Å². The molecular formula is C8H3Cl3FNO. The average molecular weight is 254 g/mol.